The Labute approximate surface area is 307 Å². The molecule has 0 aliphatic heterocycles. The minimum absolute atomic E-state index is 0.0974. The Balaban J connectivity index is 4.46. The van der Waals surface area contributed by atoms with Gasteiger partial charge in [0.15, 0.2) is 6.10 Å². The van der Waals surface area contributed by atoms with Crippen molar-refractivity contribution in [3.63, 3.8) is 0 Å². The zero-order valence-corrected chi connectivity index (χ0v) is 32.7. The van der Waals surface area contributed by atoms with Crippen LogP contribution >= 0.6 is 0 Å². The summed E-state index contributed by atoms with van der Waals surface area (Å²) in [6, 6.07) is 0. The van der Waals surface area contributed by atoms with E-state index in [1.165, 1.54) is 77.0 Å². The number of ether oxygens (including phenoxy) is 3. The molecule has 288 valence electrons. The molecular formula is C44H76O6. The molecule has 0 aromatic carbocycles. The molecule has 0 N–H and O–H groups in total. The monoisotopic (exact) mass is 701 g/mol. The molecule has 0 heterocycles. The summed E-state index contributed by atoms with van der Waals surface area (Å²) in [5.41, 5.74) is 0. The molecule has 0 aliphatic carbocycles. The molecule has 6 nitrogen and oxygen atoms in total. The first-order valence-corrected chi connectivity index (χ1v) is 20.7. The van der Waals surface area contributed by atoms with E-state index in [0.717, 1.165) is 70.6 Å². The van der Waals surface area contributed by atoms with Gasteiger partial charge in [0.25, 0.3) is 0 Å². The molecule has 0 aliphatic rings. The summed E-state index contributed by atoms with van der Waals surface area (Å²) in [5.74, 6) is -0.979. The molecular weight excluding hydrogens is 624 g/mol. The Hall–Kier alpha value is -2.63. The predicted molar refractivity (Wildman–Crippen MR) is 210 cm³/mol. The van der Waals surface area contributed by atoms with Gasteiger partial charge in [0.1, 0.15) is 13.2 Å². The number of esters is 3. The lowest BCUT2D eigenvalue weighted by atomic mass is 10.1. The second-order valence-corrected chi connectivity index (χ2v) is 13.6. The van der Waals surface area contributed by atoms with E-state index in [2.05, 4.69) is 69.4 Å². The highest BCUT2D eigenvalue weighted by Gasteiger charge is 2.19. The van der Waals surface area contributed by atoms with E-state index < -0.39 is 6.10 Å². The number of hydrogen-bond donors (Lipinski definition) is 0. The summed E-state index contributed by atoms with van der Waals surface area (Å²) in [7, 11) is 0. The van der Waals surface area contributed by atoms with E-state index in [9.17, 15) is 14.4 Å². The van der Waals surface area contributed by atoms with Crippen LogP contribution in [-0.2, 0) is 28.6 Å². The first-order valence-electron chi connectivity index (χ1n) is 20.7. The summed E-state index contributed by atoms with van der Waals surface area (Å²) < 4.78 is 16.5. The van der Waals surface area contributed by atoms with E-state index in [0.29, 0.717) is 25.7 Å². The van der Waals surface area contributed by atoms with Crippen molar-refractivity contribution < 1.29 is 28.6 Å². The molecule has 0 radical (unpaired) electrons. The van der Waals surface area contributed by atoms with Gasteiger partial charge in [0.2, 0.25) is 0 Å². The molecule has 1 unspecified atom stereocenters. The first-order chi connectivity index (χ1) is 24.5. The van der Waals surface area contributed by atoms with Crippen LogP contribution < -0.4 is 0 Å². The molecule has 0 aromatic heterocycles. The standard InChI is InChI=1S/C44H76O6/c1-4-7-10-13-16-19-21-23-25-28-31-34-37-43(46)49-40-41(39-48-42(45)36-33-30-27-24-18-15-12-9-6-3)50-44(47)38-35-32-29-26-22-20-17-14-11-8-5-2/h14,16-17,19-20,22,24,27,41H,4-13,15,18,21,23,25-26,28-40H2,1-3H3/b17-14-,19-16-,22-20-,27-24-. The van der Waals surface area contributed by atoms with E-state index in [1.807, 2.05) is 0 Å². The lowest BCUT2D eigenvalue weighted by Crippen LogP contribution is -2.30. The van der Waals surface area contributed by atoms with Gasteiger partial charge in [-0.15, -0.1) is 0 Å². The highest BCUT2D eigenvalue weighted by molar-refractivity contribution is 5.71. The Morgan fingerprint density at radius 1 is 0.400 bits per heavy atom. The highest BCUT2D eigenvalue weighted by Crippen LogP contribution is 2.11. The Morgan fingerprint density at radius 2 is 0.760 bits per heavy atom. The highest BCUT2D eigenvalue weighted by atomic mass is 16.6. The molecule has 0 saturated carbocycles. The Kier molecular flexibility index (Phi) is 37.1. The van der Waals surface area contributed by atoms with E-state index in [-0.39, 0.29) is 31.1 Å². The van der Waals surface area contributed by atoms with Crippen molar-refractivity contribution in [2.45, 2.75) is 200 Å². The summed E-state index contributed by atoms with van der Waals surface area (Å²) in [5, 5.41) is 0. The van der Waals surface area contributed by atoms with Gasteiger partial charge in [-0.25, -0.2) is 0 Å². The molecule has 6 heteroatoms. The van der Waals surface area contributed by atoms with Crippen LogP contribution in [0.4, 0.5) is 0 Å². The van der Waals surface area contributed by atoms with Gasteiger partial charge in [0.05, 0.1) is 0 Å². The zero-order chi connectivity index (χ0) is 36.6. The molecule has 0 spiro atoms. The number of unbranched alkanes of at least 4 members (excludes halogenated alkanes) is 18. The Morgan fingerprint density at radius 3 is 1.32 bits per heavy atom. The van der Waals surface area contributed by atoms with E-state index in [4.69, 9.17) is 14.2 Å². The summed E-state index contributed by atoms with van der Waals surface area (Å²) in [4.78, 5) is 37.5. The zero-order valence-electron chi connectivity index (χ0n) is 32.7. The SMILES string of the molecule is CCCC/C=C\C=C/CCCCCC(=O)OC(COC(=O)CCC/C=C\CCCCCC)COC(=O)CCCCCCC/C=C\CCCCC. The van der Waals surface area contributed by atoms with Gasteiger partial charge in [-0.05, 0) is 83.5 Å². The summed E-state index contributed by atoms with van der Waals surface area (Å²) in [6.07, 6.45) is 43.9. The van der Waals surface area contributed by atoms with Crippen molar-refractivity contribution in [3.05, 3.63) is 48.6 Å². The van der Waals surface area contributed by atoms with Crippen LogP contribution in [0.3, 0.4) is 0 Å². The normalized spacial score (nSPS) is 12.5. The minimum atomic E-state index is -0.795. The molecule has 0 bridgehead atoms. The van der Waals surface area contributed by atoms with Crippen LogP contribution in [-0.4, -0.2) is 37.2 Å². The molecule has 0 aromatic rings. The van der Waals surface area contributed by atoms with E-state index in [1.54, 1.807) is 0 Å². The number of rotatable bonds is 36. The molecule has 0 rings (SSSR count). The van der Waals surface area contributed by atoms with Crippen LogP contribution in [0, 0.1) is 0 Å². The molecule has 50 heavy (non-hydrogen) atoms. The fraction of sp³-hybridized carbons (Fsp3) is 0.750. The van der Waals surface area contributed by atoms with Crippen molar-refractivity contribution in [3.8, 4) is 0 Å². The number of carbonyl (C=O) groups is 3. The lowest BCUT2D eigenvalue weighted by Gasteiger charge is -2.18. The maximum atomic E-state index is 12.6. The quantitative estimate of drug-likeness (QED) is 0.0213. The minimum Gasteiger partial charge on any atom is -0.462 e. The smallest absolute Gasteiger partial charge is 0.306 e. The second kappa shape index (κ2) is 39.2. The van der Waals surface area contributed by atoms with Crippen LogP contribution in [0.5, 0.6) is 0 Å². The van der Waals surface area contributed by atoms with Crippen molar-refractivity contribution in [2.75, 3.05) is 13.2 Å². The molecule has 1 atom stereocenters. The van der Waals surface area contributed by atoms with Crippen molar-refractivity contribution in [2.24, 2.45) is 0 Å². The van der Waals surface area contributed by atoms with Crippen LogP contribution in [0.25, 0.3) is 0 Å². The third-order valence-electron chi connectivity index (χ3n) is 8.55. The van der Waals surface area contributed by atoms with Gasteiger partial charge in [-0.1, -0.05) is 140 Å². The third kappa shape index (κ3) is 36.6. The van der Waals surface area contributed by atoms with Crippen molar-refractivity contribution >= 4 is 17.9 Å². The largest absolute Gasteiger partial charge is 0.462 e. The van der Waals surface area contributed by atoms with Crippen LogP contribution in [0.15, 0.2) is 48.6 Å². The molecule has 0 amide bonds. The second-order valence-electron chi connectivity index (χ2n) is 13.6. The average Bonchev–Trinajstić information content (AvgIpc) is 3.11. The maximum absolute atomic E-state index is 12.6. The predicted octanol–water partition coefficient (Wildman–Crippen LogP) is 12.8. The van der Waals surface area contributed by atoms with Gasteiger partial charge in [-0.2, -0.15) is 0 Å². The third-order valence-corrected chi connectivity index (χ3v) is 8.55. The topological polar surface area (TPSA) is 78.9 Å². The van der Waals surface area contributed by atoms with Gasteiger partial charge in [0, 0.05) is 19.3 Å². The summed E-state index contributed by atoms with van der Waals surface area (Å²) >= 11 is 0. The molecule has 0 saturated heterocycles. The fourth-order valence-electron chi connectivity index (χ4n) is 5.36. The molecule has 0 fully saturated rings. The van der Waals surface area contributed by atoms with Crippen molar-refractivity contribution in [1.29, 1.82) is 0 Å². The number of allylic oxidation sites excluding steroid dienone is 8. The lowest BCUT2D eigenvalue weighted by molar-refractivity contribution is -0.167. The van der Waals surface area contributed by atoms with Gasteiger partial charge in [-0.3, -0.25) is 14.4 Å². The first kappa shape index (κ1) is 47.4. The van der Waals surface area contributed by atoms with Gasteiger partial charge >= 0.3 is 17.9 Å². The van der Waals surface area contributed by atoms with E-state index >= 15 is 0 Å². The van der Waals surface area contributed by atoms with Gasteiger partial charge < -0.3 is 14.2 Å². The number of carbonyl (C=O) groups excluding carboxylic acids is 3. The average molecular weight is 701 g/mol. The number of hydrogen-bond acceptors (Lipinski definition) is 6. The Bertz CT molecular complexity index is 902. The fourth-order valence-corrected chi connectivity index (χ4v) is 5.36. The van der Waals surface area contributed by atoms with Crippen molar-refractivity contribution in [1.82, 2.24) is 0 Å². The van der Waals surface area contributed by atoms with Crippen LogP contribution in [0.2, 0.25) is 0 Å². The summed E-state index contributed by atoms with van der Waals surface area (Å²) in [6.45, 7) is 6.44. The van der Waals surface area contributed by atoms with Crippen LogP contribution in [0.1, 0.15) is 194 Å². The maximum Gasteiger partial charge on any atom is 0.306 e.